The fourth-order valence-corrected chi connectivity index (χ4v) is 1.36. The minimum atomic E-state index is -1.15. The first-order valence-electron chi connectivity index (χ1n) is 3.30. The maximum absolute atomic E-state index is 9.44. The summed E-state index contributed by atoms with van der Waals surface area (Å²) in [5.74, 6) is -1.15. The molecule has 10 heavy (non-hydrogen) atoms. The Balaban J connectivity index is 2.16. The lowest BCUT2D eigenvalue weighted by Crippen LogP contribution is -2.38. The van der Waals surface area contributed by atoms with Crippen LogP contribution in [0.5, 0.6) is 0 Å². The number of hydrogen-bond acceptors (Lipinski definition) is 4. The van der Waals surface area contributed by atoms with Crippen molar-refractivity contribution in [1.82, 2.24) is 0 Å². The van der Waals surface area contributed by atoms with E-state index >= 15 is 0 Å². The number of fused-ring (bicyclic) bond motifs is 1. The van der Waals surface area contributed by atoms with Gasteiger partial charge in [-0.15, -0.1) is 0 Å². The van der Waals surface area contributed by atoms with E-state index in [1.807, 2.05) is 0 Å². The van der Waals surface area contributed by atoms with Gasteiger partial charge in [0.1, 0.15) is 19.0 Å². The van der Waals surface area contributed by atoms with Gasteiger partial charge in [0, 0.05) is 0 Å². The lowest BCUT2D eigenvalue weighted by molar-refractivity contribution is -0.212. The zero-order valence-electron chi connectivity index (χ0n) is 5.74. The Morgan fingerprint density at radius 3 is 3.00 bits per heavy atom. The molecular weight excluding hydrogens is 136 g/mol. The number of hydrogen-bond donors (Lipinski definition) is 1. The van der Waals surface area contributed by atoms with E-state index in [4.69, 9.17) is 14.2 Å². The van der Waals surface area contributed by atoms with Crippen molar-refractivity contribution < 1.29 is 19.3 Å². The minimum absolute atomic E-state index is 0.0741. The van der Waals surface area contributed by atoms with E-state index in [0.29, 0.717) is 6.61 Å². The molecule has 1 N–H and O–H groups in total. The normalized spacial score (nSPS) is 53.4. The molecule has 0 spiro atoms. The summed E-state index contributed by atoms with van der Waals surface area (Å²) in [4.78, 5) is 0. The highest BCUT2D eigenvalue weighted by atomic mass is 16.8. The molecule has 0 aromatic heterocycles. The molecule has 58 valence electrons. The highest BCUT2D eigenvalue weighted by Crippen LogP contribution is 2.31. The number of rotatable bonds is 0. The summed E-state index contributed by atoms with van der Waals surface area (Å²) < 4.78 is 15.2. The number of aliphatic hydroxyl groups is 1. The molecule has 2 aliphatic heterocycles. The van der Waals surface area contributed by atoms with E-state index < -0.39 is 5.79 Å². The second kappa shape index (κ2) is 1.92. The van der Waals surface area contributed by atoms with Gasteiger partial charge in [-0.1, -0.05) is 0 Å². The molecule has 2 heterocycles. The highest BCUT2D eigenvalue weighted by Gasteiger charge is 2.50. The molecule has 4 nitrogen and oxygen atoms in total. The molecule has 0 aromatic carbocycles. The van der Waals surface area contributed by atoms with Gasteiger partial charge < -0.3 is 19.3 Å². The molecule has 1 unspecified atom stereocenters. The first-order chi connectivity index (χ1) is 4.70. The van der Waals surface area contributed by atoms with Crippen LogP contribution in [0.2, 0.25) is 0 Å². The highest BCUT2D eigenvalue weighted by molar-refractivity contribution is 4.90. The molecule has 0 radical (unpaired) electrons. The Labute approximate surface area is 58.7 Å². The van der Waals surface area contributed by atoms with Crippen molar-refractivity contribution in [2.24, 2.45) is 0 Å². The van der Waals surface area contributed by atoms with Gasteiger partial charge >= 0.3 is 0 Å². The van der Waals surface area contributed by atoms with Crippen molar-refractivity contribution in [3.05, 3.63) is 0 Å². The van der Waals surface area contributed by atoms with Gasteiger partial charge in [-0.2, -0.15) is 0 Å². The average molecular weight is 146 g/mol. The van der Waals surface area contributed by atoms with Gasteiger partial charge in [0.25, 0.3) is 0 Å². The molecule has 0 bridgehead atoms. The van der Waals surface area contributed by atoms with Gasteiger partial charge in [-0.05, 0) is 6.92 Å². The second-order valence-electron chi connectivity index (χ2n) is 2.78. The van der Waals surface area contributed by atoms with Crippen molar-refractivity contribution in [1.29, 1.82) is 0 Å². The fourth-order valence-electron chi connectivity index (χ4n) is 1.36. The van der Waals surface area contributed by atoms with Crippen LogP contribution < -0.4 is 0 Å². The van der Waals surface area contributed by atoms with Crippen LogP contribution in [0.15, 0.2) is 0 Å². The van der Waals surface area contributed by atoms with E-state index in [-0.39, 0.29) is 19.0 Å². The molecule has 0 saturated carbocycles. The third-order valence-electron chi connectivity index (χ3n) is 1.94. The molecule has 2 fully saturated rings. The average Bonchev–Trinajstić information content (AvgIpc) is 2.36. The van der Waals surface area contributed by atoms with Gasteiger partial charge in [0.15, 0.2) is 5.79 Å². The Hall–Kier alpha value is -0.160. The predicted molar refractivity (Wildman–Crippen MR) is 31.2 cm³/mol. The first kappa shape index (κ1) is 6.54. The quantitative estimate of drug-likeness (QED) is 0.499. The monoisotopic (exact) mass is 146 g/mol. The molecule has 2 saturated heterocycles. The third kappa shape index (κ3) is 0.769. The standard InChI is InChI=1S/C6H10O4/c1-6(7)5-4(2-10-6)8-3-9-5/h4-5,7H,2-3H2,1H3/t4-,5-,6?/m1/s1. The maximum atomic E-state index is 9.44. The van der Waals surface area contributed by atoms with Crippen LogP contribution in [0.1, 0.15) is 6.92 Å². The summed E-state index contributed by atoms with van der Waals surface area (Å²) in [5, 5.41) is 9.44. The predicted octanol–water partition coefficient (Wildman–Crippen LogP) is -0.533. The molecular formula is C6H10O4. The minimum Gasteiger partial charge on any atom is -0.364 e. The van der Waals surface area contributed by atoms with Crippen molar-refractivity contribution in [3.63, 3.8) is 0 Å². The van der Waals surface area contributed by atoms with Crippen LogP contribution in [-0.2, 0) is 14.2 Å². The maximum Gasteiger partial charge on any atom is 0.192 e. The summed E-state index contributed by atoms with van der Waals surface area (Å²) in [6.45, 7) is 2.29. The van der Waals surface area contributed by atoms with E-state index in [1.54, 1.807) is 6.92 Å². The van der Waals surface area contributed by atoms with Crippen LogP contribution in [-0.4, -0.2) is 36.5 Å². The summed E-state index contributed by atoms with van der Waals surface area (Å²) in [6, 6.07) is 0. The smallest absolute Gasteiger partial charge is 0.192 e. The van der Waals surface area contributed by atoms with Crippen molar-refractivity contribution in [2.45, 2.75) is 24.9 Å². The lowest BCUT2D eigenvalue weighted by atomic mass is 10.1. The summed E-state index contributed by atoms with van der Waals surface area (Å²) in [6.07, 6.45) is -0.373. The SMILES string of the molecule is CC1(O)OC[C@H]2OCO[C@H]21. The summed E-state index contributed by atoms with van der Waals surface area (Å²) >= 11 is 0. The Morgan fingerprint density at radius 1 is 1.50 bits per heavy atom. The topological polar surface area (TPSA) is 47.9 Å². The number of ether oxygens (including phenoxy) is 3. The van der Waals surface area contributed by atoms with E-state index in [1.165, 1.54) is 0 Å². The third-order valence-corrected chi connectivity index (χ3v) is 1.94. The zero-order valence-corrected chi connectivity index (χ0v) is 5.74. The van der Waals surface area contributed by atoms with Crippen LogP contribution in [0.3, 0.4) is 0 Å². The van der Waals surface area contributed by atoms with Crippen molar-refractivity contribution in [2.75, 3.05) is 13.4 Å². The second-order valence-corrected chi connectivity index (χ2v) is 2.78. The Bertz CT molecular complexity index is 145. The van der Waals surface area contributed by atoms with Gasteiger partial charge in [0.05, 0.1) is 6.61 Å². The van der Waals surface area contributed by atoms with Crippen LogP contribution in [0.4, 0.5) is 0 Å². The zero-order chi connectivity index (χ0) is 7.19. The van der Waals surface area contributed by atoms with E-state index in [9.17, 15) is 5.11 Å². The fraction of sp³-hybridized carbons (Fsp3) is 1.00. The lowest BCUT2D eigenvalue weighted by Gasteiger charge is -2.20. The molecule has 3 atom stereocenters. The first-order valence-corrected chi connectivity index (χ1v) is 3.30. The molecule has 2 rings (SSSR count). The molecule has 0 aromatic rings. The van der Waals surface area contributed by atoms with Gasteiger partial charge in [-0.25, -0.2) is 0 Å². The Kier molecular flexibility index (Phi) is 1.25. The van der Waals surface area contributed by atoms with Crippen molar-refractivity contribution >= 4 is 0 Å². The molecule has 2 aliphatic rings. The van der Waals surface area contributed by atoms with Crippen LogP contribution >= 0.6 is 0 Å². The van der Waals surface area contributed by atoms with Crippen molar-refractivity contribution in [3.8, 4) is 0 Å². The summed E-state index contributed by atoms with van der Waals surface area (Å²) in [5.41, 5.74) is 0. The molecule has 0 aliphatic carbocycles. The van der Waals surface area contributed by atoms with E-state index in [2.05, 4.69) is 0 Å². The summed E-state index contributed by atoms with van der Waals surface area (Å²) in [7, 11) is 0. The molecule has 4 heteroatoms. The van der Waals surface area contributed by atoms with Crippen LogP contribution in [0, 0.1) is 0 Å². The van der Waals surface area contributed by atoms with Gasteiger partial charge in [-0.3, -0.25) is 0 Å². The van der Waals surface area contributed by atoms with Crippen LogP contribution in [0.25, 0.3) is 0 Å². The Morgan fingerprint density at radius 2 is 2.30 bits per heavy atom. The molecule has 0 amide bonds. The van der Waals surface area contributed by atoms with Gasteiger partial charge in [0.2, 0.25) is 0 Å². The van der Waals surface area contributed by atoms with E-state index in [0.717, 1.165) is 0 Å². The largest absolute Gasteiger partial charge is 0.364 e.